The van der Waals surface area contributed by atoms with Crippen LogP contribution in [0.2, 0.25) is 0 Å². The SMILES string of the molecule is O=C(O)c1cccc2c1N(S(=O)(=O)c1ccnn1C1CCC1)CC2. The summed E-state index contributed by atoms with van der Waals surface area (Å²) < 4.78 is 29.1. The van der Waals surface area contributed by atoms with E-state index in [1.807, 2.05) is 0 Å². The molecule has 2 heterocycles. The summed E-state index contributed by atoms with van der Waals surface area (Å²) in [5.41, 5.74) is 1.04. The lowest BCUT2D eigenvalue weighted by atomic mass is 9.93. The van der Waals surface area contributed by atoms with Gasteiger partial charge in [0.2, 0.25) is 0 Å². The Morgan fingerprint density at radius 2 is 2.04 bits per heavy atom. The summed E-state index contributed by atoms with van der Waals surface area (Å²) in [5.74, 6) is -1.12. The molecule has 2 aliphatic rings. The number of para-hydroxylation sites is 1. The molecule has 1 N–H and O–H groups in total. The van der Waals surface area contributed by atoms with E-state index < -0.39 is 16.0 Å². The van der Waals surface area contributed by atoms with Crippen LogP contribution in [-0.2, 0) is 16.4 Å². The Balaban J connectivity index is 1.82. The third-order valence-electron chi connectivity index (χ3n) is 4.79. The van der Waals surface area contributed by atoms with Gasteiger partial charge in [-0.3, -0.25) is 4.31 Å². The average Bonchev–Trinajstić information content (AvgIpc) is 3.11. The van der Waals surface area contributed by atoms with Gasteiger partial charge >= 0.3 is 5.97 Å². The predicted molar refractivity (Wildman–Crippen MR) is 86.8 cm³/mol. The van der Waals surface area contributed by atoms with E-state index in [2.05, 4.69) is 5.10 Å². The van der Waals surface area contributed by atoms with Gasteiger partial charge in [-0.15, -0.1) is 0 Å². The lowest BCUT2D eigenvalue weighted by Crippen LogP contribution is -2.33. The van der Waals surface area contributed by atoms with Gasteiger partial charge in [0, 0.05) is 6.54 Å². The molecule has 0 amide bonds. The highest BCUT2D eigenvalue weighted by Gasteiger charge is 2.37. The number of fused-ring (bicyclic) bond motifs is 1. The number of hydrogen-bond donors (Lipinski definition) is 1. The van der Waals surface area contributed by atoms with Gasteiger partial charge in [0.15, 0.2) is 5.03 Å². The first kappa shape index (κ1) is 15.2. The predicted octanol–water partition coefficient (Wildman–Crippen LogP) is 2.06. The van der Waals surface area contributed by atoms with E-state index in [0.717, 1.165) is 24.8 Å². The molecule has 7 nitrogen and oxygen atoms in total. The van der Waals surface area contributed by atoms with Crippen molar-refractivity contribution in [2.24, 2.45) is 0 Å². The molecule has 2 aromatic rings. The number of aromatic carboxylic acids is 1. The van der Waals surface area contributed by atoms with Crippen LogP contribution < -0.4 is 4.31 Å². The van der Waals surface area contributed by atoms with E-state index in [-0.39, 0.29) is 28.9 Å². The highest BCUT2D eigenvalue weighted by molar-refractivity contribution is 7.92. The molecule has 8 heteroatoms. The van der Waals surface area contributed by atoms with Gasteiger partial charge in [-0.25, -0.2) is 9.48 Å². The highest BCUT2D eigenvalue weighted by Crippen LogP contribution is 2.38. The van der Waals surface area contributed by atoms with Crippen LogP contribution in [0.25, 0.3) is 0 Å². The second-order valence-corrected chi connectivity index (χ2v) is 7.95. The van der Waals surface area contributed by atoms with Gasteiger partial charge in [0.1, 0.15) is 0 Å². The first-order chi connectivity index (χ1) is 11.5. The molecule has 1 aliphatic heterocycles. The Labute approximate surface area is 139 Å². The lowest BCUT2D eigenvalue weighted by molar-refractivity contribution is 0.0698. The second kappa shape index (κ2) is 5.34. The number of nitrogens with zero attached hydrogens (tertiary/aromatic N) is 3. The zero-order valence-corrected chi connectivity index (χ0v) is 13.7. The van der Waals surface area contributed by atoms with Gasteiger partial charge in [-0.2, -0.15) is 13.5 Å². The minimum absolute atomic E-state index is 0.0169. The molecule has 126 valence electrons. The zero-order chi connectivity index (χ0) is 16.9. The van der Waals surface area contributed by atoms with Crippen molar-refractivity contribution in [1.29, 1.82) is 0 Å². The van der Waals surface area contributed by atoms with Crippen molar-refractivity contribution in [1.82, 2.24) is 9.78 Å². The first-order valence-electron chi connectivity index (χ1n) is 7.91. The van der Waals surface area contributed by atoms with Crippen molar-refractivity contribution in [3.8, 4) is 0 Å². The van der Waals surface area contributed by atoms with Crippen molar-refractivity contribution in [2.75, 3.05) is 10.8 Å². The fourth-order valence-corrected chi connectivity index (χ4v) is 5.04. The Morgan fingerprint density at radius 1 is 1.25 bits per heavy atom. The number of carboxylic acids is 1. The van der Waals surface area contributed by atoms with Crippen LogP contribution in [0.3, 0.4) is 0 Å². The number of carbonyl (C=O) groups is 1. The van der Waals surface area contributed by atoms with Crippen molar-refractivity contribution in [3.63, 3.8) is 0 Å². The third-order valence-corrected chi connectivity index (χ3v) is 6.59. The quantitative estimate of drug-likeness (QED) is 0.914. The number of hydrogen-bond acceptors (Lipinski definition) is 4. The fraction of sp³-hybridized carbons (Fsp3) is 0.375. The molecule has 0 unspecified atom stereocenters. The zero-order valence-electron chi connectivity index (χ0n) is 12.9. The molecule has 1 saturated carbocycles. The van der Waals surface area contributed by atoms with E-state index in [1.165, 1.54) is 22.6 Å². The molecule has 24 heavy (non-hydrogen) atoms. The van der Waals surface area contributed by atoms with Gasteiger partial charge in [0.25, 0.3) is 10.0 Å². The number of sulfonamides is 1. The Bertz CT molecular complexity index is 915. The van der Waals surface area contributed by atoms with Gasteiger partial charge in [-0.1, -0.05) is 12.1 Å². The first-order valence-corrected chi connectivity index (χ1v) is 9.35. The van der Waals surface area contributed by atoms with Gasteiger partial charge in [0.05, 0.1) is 23.5 Å². The molecular weight excluding hydrogens is 330 g/mol. The maximum Gasteiger partial charge on any atom is 0.337 e. The van der Waals surface area contributed by atoms with E-state index in [0.29, 0.717) is 6.42 Å². The van der Waals surface area contributed by atoms with Crippen LogP contribution in [0.15, 0.2) is 35.5 Å². The smallest absolute Gasteiger partial charge is 0.337 e. The molecule has 1 fully saturated rings. The molecule has 0 radical (unpaired) electrons. The summed E-state index contributed by atoms with van der Waals surface area (Å²) in [6.45, 7) is 0.248. The lowest BCUT2D eigenvalue weighted by Gasteiger charge is -2.29. The molecular formula is C16H17N3O4S. The van der Waals surface area contributed by atoms with E-state index >= 15 is 0 Å². The van der Waals surface area contributed by atoms with E-state index in [9.17, 15) is 18.3 Å². The van der Waals surface area contributed by atoms with Crippen LogP contribution in [-0.4, -0.2) is 35.8 Å². The molecule has 0 bridgehead atoms. The molecule has 1 aliphatic carbocycles. The maximum atomic E-state index is 13.2. The number of anilines is 1. The van der Waals surface area contributed by atoms with Crippen LogP contribution in [0, 0.1) is 0 Å². The summed E-state index contributed by atoms with van der Waals surface area (Å²) in [4.78, 5) is 11.5. The van der Waals surface area contributed by atoms with Crippen molar-refractivity contribution in [2.45, 2.75) is 36.8 Å². The van der Waals surface area contributed by atoms with Gasteiger partial charge < -0.3 is 5.11 Å². The Morgan fingerprint density at radius 3 is 2.71 bits per heavy atom. The Hall–Kier alpha value is -2.35. The molecule has 1 aromatic heterocycles. The third kappa shape index (κ3) is 2.13. The number of rotatable bonds is 4. The van der Waals surface area contributed by atoms with E-state index in [1.54, 1.807) is 16.8 Å². The maximum absolute atomic E-state index is 13.2. The molecule has 0 atom stereocenters. The molecule has 0 spiro atoms. The fourth-order valence-electron chi connectivity index (χ4n) is 3.36. The summed E-state index contributed by atoms with van der Waals surface area (Å²) in [5, 5.41) is 13.7. The monoisotopic (exact) mass is 347 g/mol. The molecule has 1 aromatic carbocycles. The van der Waals surface area contributed by atoms with Crippen molar-refractivity contribution < 1.29 is 18.3 Å². The highest BCUT2D eigenvalue weighted by atomic mass is 32.2. The summed E-state index contributed by atoms with van der Waals surface area (Å²) in [6, 6.07) is 6.48. The van der Waals surface area contributed by atoms with E-state index in [4.69, 9.17) is 0 Å². The molecule has 4 rings (SSSR count). The van der Waals surface area contributed by atoms with Crippen LogP contribution in [0.1, 0.15) is 41.2 Å². The van der Waals surface area contributed by atoms with Crippen molar-refractivity contribution in [3.05, 3.63) is 41.6 Å². The number of benzene rings is 1. The average molecular weight is 347 g/mol. The standard InChI is InChI=1S/C16H17N3O4S/c20-16(21)13-6-1-3-11-8-10-18(15(11)13)24(22,23)14-7-9-17-19(14)12-4-2-5-12/h1,3,6-7,9,12H,2,4-5,8,10H2,(H,20,21). The molecule has 0 saturated heterocycles. The largest absolute Gasteiger partial charge is 0.478 e. The Kier molecular flexibility index (Phi) is 3.38. The topological polar surface area (TPSA) is 92.5 Å². The van der Waals surface area contributed by atoms with Crippen molar-refractivity contribution >= 4 is 21.7 Å². The minimum atomic E-state index is -3.85. The summed E-state index contributed by atoms with van der Waals surface area (Å²) in [6.07, 6.45) is 4.90. The normalized spacial score (nSPS) is 17.6. The number of aromatic nitrogens is 2. The van der Waals surface area contributed by atoms with Crippen LogP contribution in [0.5, 0.6) is 0 Å². The number of carboxylic acid groups (broad SMARTS) is 1. The minimum Gasteiger partial charge on any atom is -0.478 e. The van der Waals surface area contributed by atoms with Crippen LogP contribution >= 0.6 is 0 Å². The summed E-state index contributed by atoms with van der Waals surface area (Å²) >= 11 is 0. The second-order valence-electron chi connectivity index (χ2n) is 6.14. The van der Waals surface area contributed by atoms with Crippen LogP contribution in [0.4, 0.5) is 5.69 Å². The van der Waals surface area contributed by atoms with Gasteiger partial charge in [-0.05, 0) is 43.4 Å². The summed E-state index contributed by atoms with van der Waals surface area (Å²) in [7, 11) is -3.85.